The van der Waals surface area contributed by atoms with Crippen molar-refractivity contribution in [1.29, 1.82) is 0 Å². The molecule has 0 aliphatic carbocycles. The van der Waals surface area contributed by atoms with E-state index in [0.29, 0.717) is 47.1 Å². The first-order valence-electron chi connectivity index (χ1n) is 10.0. The van der Waals surface area contributed by atoms with Crippen molar-refractivity contribution in [2.24, 2.45) is 18.9 Å². The predicted octanol–water partition coefficient (Wildman–Crippen LogP) is 3.38. The Balaban J connectivity index is 1.94. The van der Waals surface area contributed by atoms with Gasteiger partial charge in [-0.05, 0) is 42.5 Å². The third-order valence-electron chi connectivity index (χ3n) is 5.51. The summed E-state index contributed by atoms with van der Waals surface area (Å²) >= 11 is 6.05. The number of anilines is 2. The summed E-state index contributed by atoms with van der Waals surface area (Å²) in [6.07, 6.45) is 0.773. The maximum absolute atomic E-state index is 13.3. The van der Waals surface area contributed by atoms with E-state index in [1.54, 1.807) is 7.05 Å². The van der Waals surface area contributed by atoms with Gasteiger partial charge in [-0.2, -0.15) is 4.98 Å². The average molecular weight is 416 g/mol. The lowest BCUT2D eigenvalue weighted by Crippen LogP contribution is -2.40. The Kier molecular flexibility index (Phi) is 5.02. The Morgan fingerprint density at radius 2 is 1.86 bits per heavy atom. The van der Waals surface area contributed by atoms with Gasteiger partial charge in [0.2, 0.25) is 5.95 Å². The van der Waals surface area contributed by atoms with Crippen LogP contribution >= 0.6 is 11.6 Å². The molecule has 1 unspecified atom stereocenters. The lowest BCUT2D eigenvalue weighted by Gasteiger charge is -2.33. The first-order valence-corrected chi connectivity index (χ1v) is 10.4. The molecule has 1 aromatic carbocycles. The molecule has 8 heteroatoms. The van der Waals surface area contributed by atoms with E-state index in [0.717, 1.165) is 18.7 Å². The summed E-state index contributed by atoms with van der Waals surface area (Å²) < 4.78 is 4.81. The highest BCUT2D eigenvalue weighted by molar-refractivity contribution is 6.30. The summed E-state index contributed by atoms with van der Waals surface area (Å²) in [5.74, 6) is 1.41. The van der Waals surface area contributed by atoms with E-state index < -0.39 is 0 Å². The summed E-state index contributed by atoms with van der Waals surface area (Å²) in [5.41, 5.74) is 1.32. The second-order valence-electron chi connectivity index (χ2n) is 8.37. The van der Waals surface area contributed by atoms with Gasteiger partial charge >= 0.3 is 5.69 Å². The molecule has 0 saturated carbocycles. The van der Waals surface area contributed by atoms with Crippen LogP contribution < -0.4 is 16.1 Å². The molecule has 1 aliphatic heterocycles. The standard InChI is InChI=1S/C21H26ClN5O2/c1-13(2)9-10-25-19(28)17-18(24(4)21(25)29)23-20-26(11-14(3)12-27(17)20)16-7-5-15(22)6-8-16/h5-8,13-14H,9-12H2,1-4H3. The number of hydrogen-bond donors (Lipinski definition) is 0. The van der Waals surface area contributed by atoms with Crippen LogP contribution in [0.4, 0.5) is 11.6 Å². The van der Waals surface area contributed by atoms with Gasteiger partial charge in [0.05, 0.1) is 0 Å². The first kappa shape index (κ1) is 19.8. The number of aryl methyl sites for hydroxylation is 1. The van der Waals surface area contributed by atoms with Crippen molar-refractivity contribution in [3.8, 4) is 0 Å². The maximum Gasteiger partial charge on any atom is 0.332 e. The largest absolute Gasteiger partial charge is 0.332 e. The van der Waals surface area contributed by atoms with Crippen molar-refractivity contribution < 1.29 is 0 Å². The van der Waals surface area contributed by atoms with Gasteiger partial charge in [-0.25, -0.2) is 4.79 Å². The molecule has 0 N–H and O–H groups in total. The van der Waals surface area contributed by atoms with Crippen LogP contribution in [0.1, 0.15) is 27.2 Å². The molecule has 29 heavy (non-hydrogen) atoms. The van der Waals surface area contributed by atoms with E-state index in [-0.39, 0.29) is 11.2 Å². The van der Waals surface area contributed by atoms with Crippen molar-refractivity contribution in [2.45, 2.75) is 40.3 Å². The van der Waals surface area contributed by atoms with Crippen molar-refractivity contribution in [3.63, 3.8) is 0 Å². The average Bonchev–Trinajstić information content (AvgIpc) is 3.05. The summed E-state index contributed by atoms with van der Waals surface area (Å²) in [4.78, 5) is 32.9. The highest BCUT2D eigenvalue weighted by atomic mass is 35.5. The smallest absolute Gasteiger partial charge is 0.312 e. The zero-order valence-electron chi connectivity index (χ0n) is 17.2. The van der Waals surface area contributed by atoms with Crippen LogP contribution in [0.25, 0.3) is 11.2 Å². The van der Waals surface area contributed by atoms with Gasteiger partial charge in [0.1, 0.15) is 0 Å². The summed E-state index contributed by atoms with van der Waals surface area (Å²) in [6.45, 7) is 8.20. The minimum absolute atomic E-state index is 0.257. The molecule has 0 fully saturated rings. The zero-order valence-corrected chi connectivity index (χ0v) is 18.0. The Bertz CT molecular complexity index is 1170. The number of fused-ring (bicyclic) bond motifs is 3. The maximum atomic E-state index is 13.3. The normalized spacial score (nSPS) is 16.6. The van der Waals surface area contributed by atoms with Gasteiger partial charge < -0.3 is 9.47 Å². The van der Waals surface area contributed by atoms with E-state index >= 15 is 0 Å². The van der Waals surface area contributed by atoms with E-state index in [9.17, 15) is 9.59 Å². The van der Waals surface area contributed by atoms with Crippen LogP contribution in [0.15, 0.2) is 33.9 Å². The predicted molar refractivity (Wildman–Crippen MR) is 116 cm³/mol. The molecule has 154 valence electrons. The van der Waals surface area contributed by atoms with E-state index in [2.05, 4.69) is 25.7 Å². The zero-order chi connectivity index (χ0) is 20.9. The minimum atomic E-state index is -0.315. The van der Waals surface area contributed by atoms with E-state index in [1.165, 1.54) is 9.13 Å². The van der Waals surface area contributed by atoms with E-state index in [4.69, 9.17) is 16.6 Å². The lowest BCUT2D eigenvalue weighted by molar-refractivity contribution is 0.455. The third-order valence-corrected chi connectivity index (χ3v) is 5.76. The van der Waals surface area contributed by atoms with Crippen LogP contribution in [0.2, 0.25) is 5.02 Å². The van der Waals surface area contributed by atoms with E-state index in [1.807, 2.05) is 28.8 Å². The van der Waals surface area contributed by atoms with Crippen molar-refractivity contribution in [3.05, 3.63) is 50.1 Å². The first-order chi connectivity index (χ1) is 13.8. The number of halogens is 1. The molecule has 0 amide bonds. The number of imidazole rings is 1. The molecule has 3 heterocycles. The Labute approximate surface area is 174 Å². The fourth-order valence-corrected chi connectivity index (χ4v) is 4.05. The molecule has 0 radical (unpaired) electrons. The van der Waals surface area contributed by atoms with Crippen molar-refractivity contribution in [2.75, 3.05) is 11.4 Å². The fourth-order valence-electron chi connectivity index (χ4n) is 3.93. The van der Waals surface area contributed by atoms with Crippen LogP contribution in [0, 0.1) is 11.8 Å². The molecule has 4 rings (SSSR count). The summed E-state index contributed by atoms with van der Waals surface area (Å²) in [5, 5.41) is 0.669. The number of hydrogen-bond acceptors (Lipinski definition) is 4. The third kappa shape index (κ3) is 3.37. The summed E-state index contributed by atoms with van der Waals surface area (Å²) in [6, 6.07) is 7.59. The lowest BCUT2D eigenvalue weighted by atomic mass is 10.1. The van der Waals surface area contributed by atoms with Crippen LogP contribution in [0.3, 0.4) is 0 Å². The van der Waals surface area contributed by atoms with Crippen LogP contribution in [0.5, 0.6) is 0 Å². The number of rotatable bonds is 4. The SMILES string of the molecule is CC(C)CCn1c(=O)c2c(nc3n2CC(C)CN3c2ccc(Cl)cc2)n(C)c1=O. The number of nitrogens with zero attached hydrogens (tertiary/aromatic N) is 5. The second kappa shape index (κ2) is 7.37. The molecule has 0 saturated heterocycles. The quantitative estimate of drug-likeness (QED) is 0.655. The fraction of sp³-hybridized carbons (Fsp3) is 0.476. The molecule has 1 atom stereocenters. The van der Waals surface area contributed by atoms with Crippen molar-refractivity contribution >= 4 is 34.4 Å². The van der Waals surface area contributed by atoms with Gasteiger partial charge in [-0.1, -0.05) is 32.4 Å². The topological polar surface area (TPSA) is 65.1 Å². The van der Waals surface area contributed by atoms with Gasteiger partial charge in [0.15, 0.2) is 11.2 Å². The highest BCUT2D eigenvalue weighted by Crippen LogP contribution is 2.33. The molecule has 1 aliphatic rings. The van der Waals surface area contributed by atoms with Crippen LogP contribution in [-0.4, -0.2) is 25.2 Å². The second-order valence-corrected chi connectivity index (χ2v) is 8.80. The van der Waals surface area contributed by atoms with Crippen molar-refractivity contribution in [1.82, 2.24) is 18.7 Å². The number of aromatic nitrogens is 4. The van der Waals surface area contributed by atoms with Gasteiger partial charge in [0, 0.05) is 37.4 Å². The van der Waals surface area contributed by atoms with Gasteiger partial charge in [-0.3, -0.25) is 13.9 Å². The molecule has 7 nitrogen and oxygen atoms in total. The van der Waals surface area contributed by atoms with Gasteiger partial charge in [-0.15, -0.1) is 0 Å². The van der Waals surface area contributed by atoms with Gasteiger partial charge in [0.25, 0.3) is 5.56 Å². The molecule has 0 bridgehead atoms. The Morgan fingerprint density at radius 3 is 2.52 bits per heavy atom. The molecule has 2 aromatic heterocycles. The molecule has 3 aromatic rings. The highest BCUT2D eigenvalue weighted by Gasteiger charge is 2.29. The number of benzene rings is 1. The minimum Gasteiger partial charge on any atom is -0.312 e. The Hall–Kier alpha value is -2.54. The monoisotopic (exact) mass is 415 g/mol. The molecule has 0 spiro atoms. The Morgan fingerprint density at radius 1 is 1.17 bits per heavy atom. The van der Waals surface area contributed by atoms with Crippen LogP contribution in [-0.2, 0) is 20.1 Å². The molecular weight excluding hydrogens is 390 g/mol. The summed E-state index contributed by atoms with van der Waals surface area (Å²) in [7, 11) is 1.69. The molecular formula is C21H26ClN5O2.